The van der Waals surface area contributed by atoms with Crippen molar-refractivity contribution in [2.45, 2.75) is 51.4 Å². The monoisotopic (exact) mass is 555 g/mol. The molecule has 1 atom stereocenters. The van der Waals surface area contributed by atoms with Crippen LogP contribution in [0.4, 0.5) is 4.79 Å². The van der Waals surface area contributed by atoms with Gasteiger partial charge in [0.05, 0.1) is 34.5 Å². The Bertz CT molecular complexity index is 1420. The molecule has 0 aliphatic carbocycles. The summed E-state index contributed by atoms with van der Waals surface area (Å²) in [5.74, 6) is -0.190. The number of benzene rings is 2. The van der Waals surface area contributed by atoms with Crippen molar-refractivity contribution in [3.63, 3.8) is 0 Å². The molecular weight excluding hydrogens is 526 g/mol. The lowest BCUT2D eigenvalue weighted by Crippen LogP contribution is -2.32. The van der Waals surface area contributed by atoms with Crippen molar-refractivity contribution >= 4 is 33.4 Å². The topological polar surface area (TPSA) is 106 Å². The van der Waals surface area contributed by atoms with Crippen LogP contribution < -0.4 is 5.32 Å². The zero-order valence-electron chi connectivity index (χ0n) is 21.5. The van der Waals surface area contributed by atoms with Gasteiger partial charge in [0, 0.05) is 17.8 Å². The Morgan fingerprint density at radius 1 is 1.11 bits per heavy atom. The number of rotatable bonds is 8. The second-order valence-corrected chi connectivity index (χ2v) is 12.2. The normalized spacial score (nSPS) is 14.9. The standard InChI is InChI=1S/C28H30ClN3O5S/c1-4-38(35,36)24-11-7-19(8-12-24)14-31-27(33)21-13-22-16-32(26(18(2)3)25(22)30-15-21)28(34)37-17-20-5-9-23(29)10-6-20/h5-13,15,18,26H,4,14,16-17H2,1-3H3,(H,31,33)/t26-/m0/s1. The van der Waals surface area contributed by atoms with E-state index in [2.05, 4.69) is 10.3 Å². The Morgan fingerprint density at radius 3 is 2.39 bits per heavy atom. The molecule has 8 nitrogen and oxygen atoms in total. The van der Waals surface area contributed by atoms with Crippen LogP contribution in [0.25, 0.3) is 0 Å². The summed E-state index contributed by atoms with van der Waals surface area (Å²) in [6.45, 7) is 6.28. The summed E-state index contributed by atoms with van der Waals surface area (Å²) >= 11 is 5.92. The lowest BCUT2D eigenvalue weighted by molar-refractivity contribution is 0.0736. The number of pyridine rings is 1. The molecule has 38 heavy (non-hydrogen) atoms. The van der Waals surface area contributed by atoms with Gasteiger partial charge in [-0.3, -0.25) is 14.7 Å². The van der Waals surface area contributed by atoms with Crippen molar-refractivity contribution in [3.05, 3.63) is 93.8 Å². The smallest absolute Gasteiger partial charge is 0.410 e. The first-order chi connectivity index (χ1) is 18.1. The first-order valence-electron chi connectivity index (χ1n) is 12.4. The number of ether oxygens (including phenoxy) is 1. The number of hydrogen-bond acceptors (Lipinski definition) is 6. The fourth-order valence-electron chi connectivity index (χ4n) is 4.40. The Hall–Kier alpha value is -3.43. The molecule has 0 saturated heterocycles. The minimum atomic E-state index is -3.27. The molecule has 0 unspecified atom stereocenters. The quantitative estimate of drug-likeness (QED) is 0.404. The van der Waals surface area contributed by atoms with Gasteiger partial charge < -0.3 is 10.1 Å². The van der Waals surface area contributed by atoms with E-state index in [9.17, 15) is 18.0 Å². The second kappa shape index (κ2) is 11.5. The van der Waals surface area contributed by atoms with E-state index in [0.717, 1.165) is 22.4 Å². The summed E-state index contributed by atoms with van der Waals surface area (Å²) in [7, 11) is -3.27. The molecule has 0 fully saturated rings. The molecule has 0 radical (unpaired) electrons. The summed E-state index contributed by atoms with van der Waals surface area (Å²) in [4.78, 5) is 32.3. The Balaban J connectivity index is 1.41. The highest BCUT2D eigenvalue weighted by Crippen LogP contribution is 2.38. The molecule has 1 aliphatic heterocycles. The van der Waals surface area contributed by atoms with Gasteiger partial charge in [-0.05, 0) is 52.9 Å². The molecule has 1 aromatic heterocycles. The summed E-state index contributed by atoms with van der Waals surface area (Å²) in [6, 6.07) is 15.1. The van der Waals surface area contributed by atoms with E-state index < -0.39 is 15.9 Å². The van der Waals surface area contributed by atoms with E-state index in [-0.39, 0.29) is 41.7 Å². The lowest BCUT2D eigenvalue weighted by atomic mass is 9.99. The van der Waals surface area contributed by atoms with E-state index in [1.807, 2.05) is 26.0 Å². The van der Waals surface area contributed by atoms with Gasteiger partial charge in [0.15, 0.2) is 9.84 Å². The molecule has 2 aromatic carbocycles. The molecular formula is C28H30ClN3O5S. The van der Waals surface area contributed by atoms with E-state index in [4.69, 9.17) is 16.3 Å². The zero-order chi connectivity index (χ0) is 27.4. The molecule has 0 saturated carbocycles. The van der Waals surface area contributed by atoms with E-state index in [1.54, 1.807) is 54.3 Å². The molecule has 200 valence electrons. The van der Waals surface area contributed by atoms with Crippen LogP contribution in [0.15, 0.2) is 65.7 Å². The summed E-state index contributed by atoms with van der Waals surface area (Å²) < 4.78 is 29.5. The summed E-state index contributed by atoms with van der Waals surface area (Å²) in [5, 5.41) is 3.46. The summed E-state index contributed by atoms with van der Waals surface area (Å²) in [5.41, 5.74) is 3.55. The number of amides is 2. The average Bonchev–Trinajstić information content (AvgIpc) is 3.31. The number of carbonyl (C=O) groups excluding carboxylic acids is 2. The van der Waals surface area contributed by atoms with E-state index in [0.29, 0.717) is 17.1 Å². The number of nitrogens with one attached hydrogen (secondary N) is 1. The molecule has 2 heterocycles. The zero-order valence-corrected chi connectivity index (χ0v) is 23.1. The number of fused-ring (bicyclic) bond motifs is 1. The van der Waals surface area contributed by atoms with Crippen molar-refractivity contribution in [1.82, 2.24) is 15.2 Å². The van der Waals surface area contributed by atoms with Crippen molar-refractivity contribution in [2.24, 2.45) is 5.92 Å². The number of aromatic nitrogens is 1. The highest BCUT2D eigenvalue weighted by molar-refractivity contribution is 7.91. The average molecular weight is 556 g/mol. The summed E-state index contributed by atoms with van der Waals surface area (Å²) in [6.07, 6.45) is 1.07. The van der Waals surface area contributed by atoms with Gasteiger partial charge in [-0.2, -0.15) is 0 Å². The van der Waals surface area contributed by atoms with Crippen molar-refractivity contribution in [1.29, 1.82) is 0 Å². The molecule has 0 spiro atoms. The van der Waals surface area contributed by atoms with Gasteiger partial charge in [0.1, 0.15) is 6.61 Å². The molecule has 1 N–H and O–H groups in total. The van der Waals surface area contributed by atoms with Gasteiger partial charge in [0.25, 0.3) is 5.91 Å². The Kier molecular flexibility index (Phi) is 8.38. The highest BCUT2D eigenvalue weighted by atomic mass is 35.5. The maximum Gasteiger partial charge on any atom is 0.410 e. The fraction of sp³-hybridized carbons (Fsp3) is 0.321. The lowest BCUT2D eigenvalue weighted by Gasteiger charge is -2.27. The first kappa shape index (κ1) is 27.6. The number of halogens is 1. The van der Waals surface area contributed by atoms with Crippen LogP contribution in [0.1, 0.15) is 59.6 Å². The van der Waals surface area contributed by atoms with Crippen molar-refractivity contribution in [2.75, 3.05) is 5.75 Å². The SMILES string of the molecule is CCS(=O)(=O)c1ccc(CNC(=O)c2cnc3c(c2)CN(C(=O)OCc2ccc(Cl)cc2)[C@H]3C(C)C)cc1. The minimum absolute atomic E-state index is 0.0313. The first-order valence-corrected chi connectivity index (χ1v) is 14.4. The van der Waals surface area contributed by atoms with E-state index in [1.165, 1.54) is 6.20 Å². The van der Waals surface area contributed by atoms with Crippen LogP contribution in [-0.4, -0.2) is 36.1 Å². The number of sulfone groups is 1. The van der Waals surface area contributed by atoms with Crippen molar-refractivity contribution in [3.8, 4) is 0 Å². The van der Waals surface area contributed by atoms with Crippen LogP contribution in [0.5, 0.6) is 0 Å². The number of carbonyl (C=O) groups is 2. The number of nitrogens with zero attached hydrogens (tertiary/aromatic N) is 2. The third-order valence-electron chi connectivity index (χ3n) is 6.48. The maximum absolute atomic E-state index is 13.0. The third-order valence-corrected chi connectivity index (χ3v) is 8.48. The third kappa shape index (κ3) is 6.16. The Morgan fingerprint density at radius 2 is 1.76 bits per heavy atom. The predicted octanol–water partition coefficient (Wildman–Crippen LogP) is 5.31. The van der Waals surface area contributed by atoms with Crippen LogP contribution in [0, 0.1) is 5.92 Å². The molecule has 4 rings (SSSR count). The number of hydrogen-bond donors (Lipinski definition) is 1. The molecule has 2 amide bonds. The highest BCUT2D eigenvalue weighted by Gasteiger charge is 2.38. The van der Waals surface area contributed by atoms with E-state index >= 15 is 0 Å². The van der Waals surface area contributed by atoms with Gasteiger partial charge >= 0.3 is 6.09 Å². The predicted molar refractivity (Wildman–Crippen MR) is 144 cm³/mol. The Labute approximate surface area is 227 Å². The van der Waals surface area contributed by atoms with Gasteiger partial charge in [-0.1, -0.05) is 56.6 Å². The fourth-order valence-corrected chi connectivity index (χ4v) is 5.41. The van der Waals surface area contributed by atoms with Crippen LogP contribution in [0.3, 0.4) is 0 Å². The van der Waals surface area contributed by atoms with Gasteiger partial charge in [-0.25, -0.2) is 13.2 Å². The second-order valence-electron chi connectivity index (χ2n) is 9.50. The van der Waals surface area contributed by atoms with Crippen LogP contribution in [-0.2, 0) is 34.3 Å². The molecule has 3 aromatic rings. The molecule has 1 aliphatic rings. The van der Waals surface area contributed by atoms with Gasteiger partial charge in [-0.15, -0.1) is 0 Å². The van der Waals surface area contributed by atoms with Crippen LogP contribution >= 0.6 is 11.6 Å². The van der Waals surface area contributed by atoms with Gasteiger partial charge in [0.2, 0.25) is 0 Å². The minimum Gasteiger partial charge on any atom is -0.445 e. The maximum atomic E-state index is 13.0. The molecule has 0 bridgehead atoms. The molecule has 10 heteroatoms. The van der Waals surface area contributed by atoms with Crippen molar-refractivity contribution < 1.29 is 22.7 Å². The largest absolute Gasteiger partial charge is 0.445 e. The van der Waals surface area contributed by atoms with Crippen LogP contribution in [0.2, 0.25) is 5.02 Å².